The van der Waals surface area contributed by atoms with E-state index in [2.05, 4.69) is 0 Å². The van der Waals surface area contributed by atoms with E-state index in [4.69, 9.17) is 5.11 Å². The number of carbonyl (C=O) groups is 1. The van der Waals surface area contributed by atoms with Gasteiger partial charge in [-0.05, 0) is 24.6 Å². The second-order valence-electron chi connectivity index (χ2n) is 5.20. The lowest BCUT2D eigenvalue weighted by atomic mass is 10.1. The van der Waals surface area contributed by atoms with Gasteiger partial charge in [-0.25, -0.2) is 13.2 Å². The Hall–Kier alpha value is -1.60. The number of piperazine rings is 1. The molecule has 0 saturated carbocycles. The first-order chi connectivity index (χ1) is 9.88. The van der Waals surface area contributed by atoms with Crippen LogP contribution < -0.4 is 0 Å². The maximum absolute atomic E-state index is 13.1. The van der Waals surface area contributed by atoms with E-state index in [0.717, 1.165) is 12.1 Å². The predicted octanol–water partition coefficient (Wildman–Crippen LogP) is 1.69. The van der Waals surface area contributed by atoms with E-state index in [0.29, 0.717) is 38.3 Å². The van der Waals surface area contributed by atoms with Crippen LogP contribution >= 0.6 is 0 Å². The van der Waals surface area contributed by atoms with Gasteiger partial charge in [0.25, 0.3) is 0 Å². The van der Waals surface area contributed by atoms with Crippen molar-refractivity contribution in [1.82, 2.24) is 9.80 Å². The number of rotatable bonds is 4. The van der Waals surface area contributed by atoms with Crippen molar-refractivity contribution in [3.63, 3.8) is 0 Å². The van der Waals surface area contributed by atoms with Gasteiger partial charge in [0.1, 0.15) is 6.04 Å². The molecule has 1 unspecified atom stereocenters. The number of benzene rings is 1. The van der Waals surface area contributed by atoms with E-state index in [-0.39, 0.29) is 0 Å². The average Bonchev–Trinajstić information content (AvgIpc) is 2.44. The van der Waals surface area contributed by atoms with E-state index >= 15 is 0 Å². The summed E-state index contributed by atoms with van der Waals surface area (Å²) in [4.78, 5) is 14.7. The highest BCUT2D eigenvalue weighted by Gasteiger charge is 2.25. The molecule has 0 amide bonds. The topological polar surface area (TPSA) is 43.8 Å². The van der Waals surface area contributed by atoms with Gasteiger partial charge in [0.05, 0.1) is 0 Å². The molecule has 4 nitrogen and oxygen atoms in total. The largest absolute Gasteiger partial charge is 0.480 e. The Kier molecular flexibility index (Phi) is 4.84. The molecule has 0 spiro atoms. The maximum Gasteiger partial charge on any atom is 0.320 e. The molecule has 1 aliphatic heterocycles. The zero-order chi connectivity index (χ0) is 15.6. The molecule has 116 valence electrons. The van der Waals surface area contributed by atoms with Crippen molar-refractivity contribution in [1.29, 1.82) is 0 Å². The van der Waals surface area contributed by atoms with Crippen molar-refractivity contribution < 1.29 is 23.1 Å². The summed E-state index contributed by atoms with van der Waals surface area (Å²) in [5, 5.41) is 8.95. The van der Waals surface area contributed by atoms with Crippen molar-refractivity contribution in [3.05, 3.63) is 35.1 Å². The van der Waals surface area contributed by atoms with Crippen LogP contribution in [-0.2, 0) is 11.3 Å². The summed E-state index contributed by atoms with van der Waals surface area (Å²) < 4.78 is 39.2. The van der Waals surface area contributed by atoms with Crippen LogP contribution in [0, 0.1) is 17.5 Å². The van der Waals surface area contributed by atoms with Crippen LogP contribution in [0.15, 0.2) is 12.1 Å². The first-order valence-electron chi connectivity index (χ1n) is 6.71. The van der Waals surface area contributed by atoms with Gasteiger partial charge in [0.2, 0.25) is 0 Å². The molecule has 21 heavy (non-hydrogen) atoms. The number of carboxylic acids is 1. The molecule has 1 saturated heterocycles. The van der Waals surface area contributed by atoms with Crippen LogP contribution in [0.1, 0.15) is 12.5 Å². The molecule has 1 aromatic carbocycles. The number of nitrogens with zero attached hydrogens (tertiary/aromatic N) is 2. The molecule has 1 aromatic rings. The third-order valence-corrected chi connectivity index (χ3v) is 3.76. The number of carboxylic acid groups (broad SMARTS) is 1. The third kappa shape index (κ3) is 3.74. The summed E-state index contributed by atoms with van der Waals surface area (Å²) >= 11 is 0. The van der Waals surface area contributed by atoms with Crippen molar-refractivity contribution in [2.75, 3.05) is 26.2 Å². The Labute approximate surface area is 120 Å². The smallest absolute Gasteiger partial charge is 0.320 e. The first-order valence-corrected chi connectivity index (χ1v) is 6.71. The van der Waals surface area contributed by atoms with E-state index in [1.807, 2.05) is 9.80 Å². The highest BCUT2D eigenvalue weighted by Crippen LogP contribution is 2.16. The second-order valence-corrected chi connectivity index (χ2v) is 5.20. The fourth-order valence-corrected chi connectivity index (χ4v) is 2.42. The van der Waals surface area contributed by atoms with E-state index < -0.39 is 29.5 Å². The number of halogens is 3. The standard InChI is InChI=1S/C14H17F3N2O2/c1-9(14(20)21)19-4-2-18(3-5-19)8-10-6-11(15)13(17)12(16)7-10/h6-7,9H,2-5,8H2,1H3,(H,20,21). The van der Waals surface area contributed by atoms with Gasteiger partial charge in [0.15, 0.2) is 17.5 Å². The Bertz CT molecular complexity index is 508. The molecule has 1 N–H and O–H groups in total. The Balaban J connectivity index is 1.93. The normalized spacial score (nSPS) is 18.7. The van der Waals surface area contributed by atoms with E-state index in [1.165, 1.54) is 0 Å². The van der Waals surface area contributed by atoms with Crippen LogP contribution in [0.3, 0.4) is 0 Å². The Morgan fingerprint density at radius 2 is 1.71 bits per heavy atom. The zero-order valence-electron chi connectivity index (χ0n) is 11.7. The summed E-state index contributed by atoms with van der Waals surface area (Å²) in [6.45, 7) is 4.27. The molecule has 1 fully saturated rings. The maximum atomic E-state index is 13.1. The molecule has 1 aliphatic rings. The van der Waals surface area contributed by atoms with Crippen LogP contribution in [0.2, 0.25) is 0 Å². The van der Waals surface area contributed by atoms with Gasteiger partial charge >= 0.3 is 5.97 Å². The molecule has 0 aliphatic carbocycles. The highest BCUT2D eigenvalue weighted by molar-refractivity contribution is 5.72. The Morgan fingerprint density at radius 3 is 2.19 bits per heavy atom. The first kappa shape index (κ1) is 15.8. The number of hydrogen-bond acceptors (Lipinski definition) is 3. The summed E-state index contributed by atoms with van der Waals surface area (Å²) in [6.07, 6.45) is 0. The molecular formula is C14H17F3N2O2. The molecule has 0 aromatic heterocycles. The summed E-state index contributed by atoms with van der Waals surface area (Å²) in [5.41, 5.74) is 0.367. The van der Waals surface area contributed by atoms with Crippen LogP contribution in [0.5, 0.6) is 0 Å². The molecular weight excluding hydrogens is 285 g/mol. The predicted molar refractivity (Wildman–Crippen MR) is 70.3 cm³/mol. The molecule has 0 radical (unpaired) electrons. The van der Waals surface area contributed by atoms with Gasteiger partial charge in [-0.1, -0.05) is 0 Å². The van der Waals surface area contributed by atoms with E-state index in [1.54, 1.807) is 6.92 Å². The minimum atomic E-state index is -1.46. The van der Waals surface area contributed by atoms with Crippen molar-refractivity contribution >= 4 is 5.97 Å². The van der Waals surface area contributed by atoms with Crippen LogP contribution in [0.25, 0.3) is 0 Å². The fraction of sp³-hybridized carbons (Fsp3) is 0.500. The lowest BCUT2D eigenvalue weighted by Gasteiger charge is -2.36. The SMILES string of the molecule is CC(C(=O)O)N1CCN(Cc2cc(F)c(F)c(F)c2)CC1. The molecule has 1 atom stereocenters. The van der Waals surface area contributed by atoms with Gasteiger partial charge in [-0.2, -0.15) is 0 Å². The van der Waals surface area contributed by atoms with Gasteiger partial charge < -0.3 is 5.11 Å². The van der Waals surface area contributed by atoms with Crippen molar-refractivity contribution in [3.8, 4) is 0 Å². The second kappa shape index (κ2) is 6.44. The number of aliphatic carboxylic acids is 1. The third-order valence-electron chi connectivity index (χ3n) is 3.76. The average molecular weight is 302 g/mol. The minimum absolute atomic E-state index is 0.309. The molecule has 0 bridgehead atoms. The Morgan fingerprint density at radius 1 is 1.19 bits per heavy atom. The lowest BCUT2D eigenvalue weighted by molar-refractivity contribution is -0.143. The van der Waals surface area contributed by atoms with Crippen molar-refractivity contribution in [2.24, 2.45) is 0 Å². The van der Waals surface area contributed by atoms with Crippen molar-refractivity contribution in [2.45, 2.75) is 19.5 Å². The molecule has 2 rings (SSSR count). The lowest BCUT2D eigenvalue weighted by Crippen LogP contribution is -2.51. The van der Waals surface area contributed by atoms with E-state index in [9.17, 15) is 18.0 Å². The quantitative estimate of drug-likeness (QED) is 0.860. The fourth-order valence-electron chi connectivity index (χ4n) is 2.42. The van der Waals surface area contributed by atoms with Gasteiger partial charge in [-0.15, -0.1) is 0 Å². The highest BCUT2D eigenvalue weighted by atomic mass is 19.2. The summed E-state index contributed by atoms with van der Waals surface area (Å²) in [5.74, 6) is -4.71. The van der Waals surface area contributed by atoms with Crippen LogP contribution in [-0.4, -0.2) is 53.1 Å². The summed E-state index contributed by atoms with van der Waals surface area (Å²) in [6, 6.07) is 1.43. The van der Waals surface area contributed by atoms with Gasteiger partial charge in [-0.3, -0.25) is 14.6 Å². The number of hydrogen-bond donors (Lipinski definition) is 1. The monoisotopic (exact) mass is 302 g/mol. The molecule has 1 heterocycles. The van der Waals surface area contributed by atoms with Crippen LogP contribution in [0.4, 0.5) is 13.2 Å². The molecule has 7 heteroatoms. The minimum Gasteiger partial charge on any atom is -0.480 e. The zero-order valence-corrected chi connectivity index (χ0v) is 11.7. The van der Waals surface area contributed by atoms with Gasteiger partial charge in [0, 0.05) is 32.7 Å². The summed E-state index contributed by atoms with van der Waals surface area (Å²) in [7, 11) is 0.